The molecule has 0 aliphatic carbocycles. The van der Waals surface area contributed by atoms with Crippen LogP contribution in [0.15, 0.2) is 30.5 Å². The molecular weight excluding hydrogens is 470 g/mol. The zero-order valence-corrected chi connectivity index (χ0v) is 19.4. The third-order valence-electron chi connectivity index (χ3n) is 5.97. The molecule has 0 spiro atoms. The molecule has 2 fully saturated rings. The zero-order valence-electron chi connectivity index (χ0n) is 19.4. The van der Waals surface area contributed by atoms with Crippen molar-refractivity contribution < 1.29 is 31.8 Å². The summed E-state index contributed by atoms with van der Waals surface area (Å²) in [6, 6.07) is 7.24. The fraction of sp³-hybridized carbons (Fsp3) is 0.522. The van der Waals surface area contributed by atoms with Gasteiger partial charge in [-0.25, -0.2) is 9.37 Å². The fourth-order valence-electron chi connectivity index (χ4n) is 4.18. The van der Waals surface area contributed by atoms with Crippen LogP contribution in [0.3, 0.4) is 0 Å². The highest BCUT2D eigenvalue weighted by atomic mass is 19.4. The highest BCUT2D eigenvalue weighted by Crippen LogP contribution is 2.29. The van der Waals surface area contributed by atoms with E-state index in [-0.39, 0.29) is 43.0 Å². The van der Waals surface area contributed by atoms with Gasteiger partial charge in [-0.1, -0.05) is 12.1 Å². The van der Waals surface area contributed by atoms with Gasteiger partial charge < -0.3 is 24.6 Å². The predicted octanol–water partition coefficient (Wildman–Crippen LogP) is 3.24. The van der Waals surface area contributed by atoms with Gasteiger partial charge in [-0.3, -0.25) is 4.79 Å². The number of morpholine rings is 1. The van der Waals surface area contributed by atoms with Crippen molar-refractivity contribution in [1.29, 1.82) is 0 Å². The van der Waals surface area contributed by atoms with Crippen LogP contribution >= 0.6 is 0 Å². The van der Waals surface area contributed by atoms with E-state index in [1.807, 2.05) is 31.2 Å². The molecule has 190 valence electrons. The Morgan fingerprint density at radius 1 is 1.20 bits per heavy atom. The van der Waals surface area contributed by atoms with Crippen LogP contribution in [-0.4, -0.2) is 67.0 Å². The molecule has 1 unspecified atom stereocenters. The summed E-state index contributed by atoms with van der Waals surface area (Å²) in [5.41, 5.74) is 0.937. The molecule has 3 atom stereocenters. The van der Waals surface area contributed by atoms with E-state index in [4.69, 9.17) is 9.47 Å². The molecule has 0 saturated carbocycles. The molecular formula is C23H27F4N5O3. The number of anilines is 2. The van der Waals surface area contributed by atoms with Gasteiger partial charge >= 0.3 is 6.18 Å². The lowest BCUT2D eigenvalue weighted by atomic mass is 10.1. The molecule has 1 amide bonds. The lowest BCUT2D eigenvalue weighted by Crippen LogP contribution is -2.49. The number of amides is 1. The number of rotatable bonds is 6. The Hall–Kier alpha value is -3.15. The molecule has 1 N–H and O–H groups in total. The van der Waals surface area contributed by atoms with E-state index in [9.17, 15) is 22.4 Å². The smallest absolute Gasteiger partial charge is 0.416 e. The number of benzene rings is 1. The molecule has 2 aromatic rings. The molecule has 2 aliphatic rings. The van der Waals surface area contributed by atoms with Crippen LogP contribution in [0, 0.1) is 5.82 Å². The van der Waals surface area contributed by atoms with Crippen molar-refractivity contribution in [3.05, 3.63) is 41.8 Å². The highest BCUT2D eigenvalue weighted by Gasteiger charge is 2.44. The molecule has 35 heavy (non-hydrogen) atoms. The number of nitrogens with zero attached hydrogens (tertiary/aromatic N) is 4. The average Bonchev–Trinajstić information content (AvgIpc) is 3.27. The number of nitrogens with one attached hydrogen (secondary N) is 1. The number of alkyl halides is 3. The predicted molar refractivity (Wildman–Crippen MR) is 120 cm³/mol. The van der Waals surface area contributed by atoms with Crippen molar-refractivity contribution in [1.82, 2.24) is 15.3 Å². The van der Waals surface area contributed by atoms with E-state index in [1.54, 1.807) is 4.90 Å². The summed E-state index contributed by atoms with van der Waals surface area (Å²) in [5.74, 6) is -0.0436. The summed E-state index contributed by atoms with van der Waals surface area (Å²) in [4.78, 5) is 22.5. The van der Waals surface area contributed by atoms with Gasteiger partial charge in [0.15, 0.2) is 17.7 Å². The number of carbonyl (C=O) groups is 1. The van der Waals surface area contributed by atoms with Crippen LogP contribution in [0.4, 0.5) is 29.3 Å². The summed E-state index contributed by atoms with van der Waals surface area (Å²) in [6.07, 6.45) is -5.05. The maximum atomic E-state index is 14.6. The first kappa shape index (κ1) is 25.0. The van der Waals surface area contributed by atoms with E-state index < -0.39 is 24.6 Å². The molecule has 1 aromatic carbocycles. The van der Waals surface area contributed by atoms with E-state index in [0.717, 1.165) is 11.8 Å². The Balaban J connectivity index is 1.39. The van der Waals surface area contributed by atoms with Gasteiger partial charge in [0, 0.05) is 26.4 Å². The Kier molecular flexibility index (Phi) is 7.29. The minimum Gasteiger partial charge on any atom is -0.489 e. The van der Waals surface area contributed by atoms with Crippen molar-refractivity contribution in [2.45, 2.75) is 44.7 Å². The first-order valence-corrected chi connectivity index (χ1v) is 11.3. The summed E-state index contributed by atoms with van der Waals surface area (Å²) >= 11 is 0. The van der Waals surface area contributed by atoms with Crippen molar-refractivity contribution in [2.75, 3.05) is 42.6 Å². The lowest BCUT2D eigenvalue weighted by Gasteiger charge is -2.34. The Labute approximate surface area is 200 Å². The molecule has 12 heteroatoms. The van der Waals surface area contributed by atoms with E-state index in [0.29, 0.717) is 25.3 Å². The monoisotopic (exact) mass is 497 g/mol. The lowest BCUT2D eigenvalue weighted by molar-refractivity contribution is -0.221. The van der Waals surface area contributed by atoms with Crippen LogP contribution in [0.2, 0.25) is 0 Å². The van der Waals surface area contributed by atoms with E-state index in [1.165, 1.54) is 11.8 Å². The molecule has 2 aliphatic heterocycles. The summed E-state index contributed by atoms with van der Waals surface area (Å²) in [6.45, 7) is 3.80. The second-order valence-electron chi connectivity index (χ2n) is 8.65. The molecule has 8 nitrogen and oxygen atoms in total. The van der Waals surface area contributed by atoms with Crippen LogP contribution in [0.25, 0.3) is 0 Å². The fourth-order valence-corrected chi connectivity index (χ4v) is 4.18. The van der Waals surface area contributed by atoms with Crippen molar-refractivity contribution in [2.24, 2.45) is 0 Å². The van der Waals surface area contributed by atoms with Gasteiger partial charge in [0.2, 0.25) is 11.9 Å². The van der Waals surface area contributed by atoms with Crippen LogP contribution in [-0.2, 0) is 9.53 Å². The van der Waals surface area contributed by atoms with Gasteiger partial charge in [0.25, 0.3) is 0 Å². The third kappa shape index (κ3) is 6.11. The van der Waals surface area contributed by atoms with Crippen LogP contribution in [0.5, 0.6) is 5.75 Å². The topological polar surface area (TPSA) is 79.8 Å². The number of hydrogen-bond donors (Lipinski definition) is 1. The molecule has 0 bridgehead atoms. The van der Waals surface area contributed by atoms with Gasteiger partial charge in [0.1, 0.15) is 11.9 Å². The first-order chi connectivity index (χ1) is 16.6. The maximum Gasteiger partial charge on any atom is 0.416 e. The Bertz CT molecular complexity index is 1040. The van der Waals surface area contributed by atoms with Gasteiger partial charge in [-0.2, -0.15) is 18.2 Å². The average molecular weight is 497 g/mol. The normalized spacial score (nSPS) is 21.7. The number of aromatic nitrogens is 2. The number of ether oxygens (including phenoxy) is 2. The molecule has 2 saturated heterocycles. The van der Waals surface area contributed by atoms with Gasteiger partial charge in [0.05, 0.1) is 31.9 Å². The minimum absolute atomic E-state index is 0.0344. The van der Waals surface area contributed by atoms with Crippen molar-refractivity contribution in [3.63, 3.8) is 0 Å². The minimum atomic E-state index is -4.50. The summed E-state index contributed by atoms with van der Waals surface area (Å²) in [5, 5.41) is 2.82. The van der Waals surface area contributed by atoms with Crippen LogP contribution in [0.1, 0.15) is 31.9 Å². The summed E-state index contributed by atoms with van der Waals surface area (Å²) in [7, 11) is 0. The maximum absolute atomic E-state index is 14.6. The van der Waals surface area contributed by atoms with Crippen LogP contribution < -0.4 is 19.9 Å². The molecule has 0 radical (unpaired) electrons. The van der Waals surface area contributed by atoms with E-state index >= 15 is 0 Å². The highest BCUT2D eigenvalue weighted by molar-refractivity contribution is 5.73. The second kappa shape index (κ2) is 10.2. The third-order valence-corrected chi connectivity index (χ3v) is 5.97. The first-order valence-electron chi connectivity index (χ1n) is 11.3. The number of carbonyl (C=O) groups excluding carboxylic acids is 1. The summed E-state index contributed by atoms with van der Waals surface area (Å²) < 4.78 is 64.6. The second-order valence-corrected chi connectivity index (χ2v) is 8.65. The van der Waals surface area contributed by atoms with Crippen molar-refractivity contribution in [3.8, 4) is 5.75 Å². The Morgan fingerprint density at radius 2 is 1.94 bits per heavy atom. The number of hydrogen-bond acceptors (Lipinski definition) is 7. The molecule has 3 heterocycles. The van der Waals surface area contributed by atoms with E-state index in [2.05, 4.69) is 15.3 Å². The largest absolute Gasteiger partial charge is 0.489 e. The molecule has 4 rings (SSSR count). The standard InChI is InChI=1S/C23H27F4N5O3/c1-14(29-15(2)33)16-3-5-17(6-4-16)35-18-7-8-31(12-18)21-19(24)11-28-22(30-21)32-9-10-34-20(13-32)23(25,26)27/h3-6,11,14,18,20H,7-10,12-13H2,1-2H3,(H,29,33)/t14-,18+,20?/m0/s1. The zero-order chi connectivity index (χ0) is 25.2. The Morgan fingerprint density at radius 3 is 2.63 bits per heavy atom. The quantitative estimate of drug-likeness (QED) is 0.614. The van der Waals surface area contributed by atoms with Crippen molar-refractivity contribution >= 4 is 17.7 Å². The molecule has 1 aromatic heterocycles. The SMILES string of the molecule is CC(=O)N[C@@H](C)c1ccc(O[C@@H]2CCN(c3nc(N4CCOC(C(F)(F)F)C4)ncc3F)C2)cc1. The van der Waals surface area contributed by atoms with Gasteiger partial charge in [-0.15, -0.1) is 0 Å². The number of halogens is 4. The van der Waals surface area contributed by atoms with Gasteiger partial charge in [-0.05, 0) is 24.6 Å².